The van der Waals surface area contributed by atoms with Crippen LogP contribution in [0.2, 0.25) is 0 Å². The van der Waals surface area contributed by atoms with Crippen LogP contribution < -0.4 is 4.72 Å². The molecule has 114 valence electrons. The molecule has 0 aliphatic heterocycles. The van der Waals surface area contributed by atoms with E-state index in [1.54, 1.807) is 0 Å². The topological polar surface area (TPSA) is 75.6 Å². The highest BCUT2D eigenvalue weighted by Crippen LogP contribution is 2.16. The molecule has 0 aliphatic carbocycles. The van der Waals surface area contributed by atoms with Gasteiger partial charge in [0.05, 0.1) is 13.2 Å². The third-order valence-corrected chi connectivity index (χ3v) is 4.12. The fourth-order valence-corrected chi connectivity index (χ4v) is 2.67. The van der Waals surface area contributed by atoms with Crippen LogP contribution in [0.5, 0.6) is 0 Å². The van der Waals surface area contributed by atoms with E-state index in [4.69, 9.17) is 9.84 Å². The summed E-state index contributed by atoms with van der Waals surface area (Å²) in [6.07, 6.45) is 1.92. The first-order chi connectivity index (χ1) is 9.51. The summed E-state index contributed by atoms with van der Waals surface area (Å²) in [6.45, 7) is 2.58. The summed E-state index contributed by atoms with van der Waals surface area (Å²) in [5.41, 5.74) is 0.339. The molecule has 1 rings (SSSR count). The molecule has 0 fully saturated rings. The summed E-state index contributed by atoms with van der Waals surface area (Å²) in [7, 11) is -3.93. The molecule has 0 unspecified atom stereocenters. The number of rotatable bonds is 9. The van der Waals surface area contributed by atoms with Crippen molar-refractivity contribution in [1.82, 2.24) is 4.72 Å². The van der Waals surface area contributed by atoms with Crippen molar-refractivity contribution < 1.29 is 22.7 Å². The van der Waals surface area contributed by atoms with Crippen LogP contribution in [-0.2, 0) is 21.4 Å². The maximum atomic E-state index is 13.5. The van der Waals surface area contributed by atoms with Gasteiger partial charge in [0.15, 0.2) is 0 Å². The summed E-state index contributed by atoms with van der Waals surface area (Å²) in [5, 5.41) is 8.96. The molecule has 5 nitrogen and oxygen atoms in total. The largest absolute Gasteiger partial charge is 0.392 e. The lowest BCUT2D eigenvalue weighted by Gasteiger charge is -2.09. The lowest BCUT2D eigenvalue weighted by atomic mass is 10.2. The Balaban J connectivity index is 2.60. The van der Waals surface area contributed by atoms with Crippen LogP contribution in [-0.4, -0.2) is 33.3 Å². The van der Waals surface area contributed by atoms with Gasteiger partial charge in [-0.05, 0) is 24.1 Å². The molecular formula is C13H20FNO4S. The van der Waals surface area contributed by atoms with Crippen LogP contribution in [0, 0.1) is 5.82 Å². The number of hydrogen-bond donors (Lipinski definition) is 2. The third kappa shape index (κ3) is 5.16. The van der Waals surface area contributed by atoms with Crippen LogP contribution in [0.3, 0.4) is 0 Å². The number of nitrogens with one attached hydrogen (secondary N) is 1. The molecule has 0 heterocycles. The molecule has 0 saturated heterocycles. The van der Waals surface area contributed by atoms with E-state index in [-0.39, 0.29) is 19.8 Å². The van der Waals surface area contributed by atoms with E-state index in [0.29, 0.717) is 12.2 Å². The number of aliphatic hydroxyl groups excluding tert-OH is 1. The number of unbranched alkanes of at least 4 members (excludes halogenated alkanes) is 1. The number of aliphatic hydroxyl groups is 1. The summed E-state index contributed by atoms with van der Waals surface area (Å²) >= 11 is 0. The molecule has 0 aromatic heterocycles. The highest BCUT2D eigenvalue weighted by atomic mass is 32.2. The Morgan fingerprint density at radius 2 is 2.10 bits per heavy atom. The average molecular weight is 305 g/mol. The molecule has 0 amide bonds. The zero-order chi connectivity index (χ0) is 15.0. The molecule has 20 heavy (non-hydrogen) atoms. The van der Waals surface area contributed by atoms with E-state index in [9.17, 15) is 12.8 Å². The normalized spacial score (nSPS) is 11.8. The first kappa shape index (κ1) is 17.0. The Hall–Kier alpha value is -1.02. The number of ether oxygens (including phenoxy) is 1. The maximum Gasteiger partial charge on any atom is 0.243 e. The van der Waals surface area contributed by atoms with Crippen molar-refractivity contribution in [2.75, 3.05) is 19.8 Å². The Labute approximate surface area is 118 Å². The van der Waals surface area contributed by atoms with Crippen molar-refractivity contribution in [3.63, 3.8) is 0 Å². The van der Waals surface area contributed by atoms with Crippen LogP contribution in [0.1, 0.15) is 25.3 Å². The van der Waals surface area contributed by atoms with E-state index in [1.807, 2.05) is 6.92 Å². The zero-order valence-corrected chi connectivity index (χ0v) is 12.2. The van der Waals surface area contributed by atoms with E-state index in [1.165, 1.54) is 6.07 Å². The molecule has 7 heteroatoms. The van der Waals surface area contributed by atoms with Gasteiger partial charge in [0.2, 0.25) is 10.0 Å². The van der Waals surface area contributed by atoms with E-state index in [0.717, 1.165) is 25.0 Å². The van der Waals surface area contributed by atoms with E-state index >= 15 is 0 Å². The van der Waals surface area contributed by atoms with Crippen LogP contribution in [0.25, 0.3) is 0 Å². The Bertz CT molecular complexity index is 519. The van der Waals surface area contributed by atoms with Crippen molar-refractivity contribution >= 4 is 10.0 Å². The van der Waals surface area contributed by atoms with Crippen molar-refractivity contribution in [2.24, 2.45) is 0 Å². The van der Waals surface area contributed by atoms with Gasteiger partial charge in [-0.3, -0.25) is 0 Å². The molecule has 0 bridgehead atoms. The van der Waals surface area contributed by atoms with Gasteiger partial charge in [0.25, 0.3) is 0 Å². The van der Waals surface area contributed by atoms with Crippen molar-refractivity contribution in [2.45, 2.75) is 31.3 Å². The van der Waals surface area contributed by atoms with Gasteiger partial charge in [-0.15, -0.1) is 0 Å². The lowest BCUT2D eigenvalue weighted by Crippen LogP contribution is -2.28. The number of hydrogen-bond acceptors (Lipinski definition) is 4. The van der Waals surface area contributed by atoms with Gasteiger partial charge in [-0.2, -0.15) is 0 Å². The quantitative estimate of drug-likeness (QED) is 0.677. The number of halogens is 1. The second kappa shape index (κ2) is 8.31. The number of benzene rings is 1. The minimum absolute atomic E-state index is 0.0782. The van der Waals surface area contributed by atoms with E-state index in [2.05, 4.69) is 4.72 Å². The zero-order valence-electron chi connectivity index (χ0n) is 11.4. The molecule has 0 aliphatic rings. The Morgan fingerprint density at radius 1 is 1.35 bits per heavy atom. The van der Waals surface area contributed by atoms with Crippen LogP contribution in [0.15, 0.2) is 23.1 Å². The minimum atomic E-state index is -3.93. The first-order valence-electron chi connectivity index (χ1n) is 6.48. The highest BCUT2D eigenvalue weighted by Gasteiger charge is 2.18. The average Bonchev–Trinajstić information content (AvgIpc) is 2.43. The molecule has 0 saturated carbocycles. The van der Waals surface area contributed by atoms with E-state index < -0.39 is 20.7 Å². The fourth-order valence-electron chi connectivity index (χ4n) is 1.53. The van der Waals surface area contributed by atoms with Crippen LogP contribution >= 0.6 is 0 Å². The first-order valence-corrected chi connectivity index (χ1v) is 7.96. The molecule has 1 aromatic rings. The van der Waals surface area contributed by atoms with Gasteiger partial charge < -0.3 is 9.84 Å². The van der Waals surface area contributed by atoms with Gasteiger partial charge in [-0.1, -0.05) is 19.4 Å². The molecule has 0 radical (unpaired) electrons. The SMILES string of the molecule is CCCCOCCNS(=O)(=O)c1cc(CO)ccc1F. The van der Waals surface area contributed by atoms with Crippen molar-refractivity contribution in [3.8, 4) is 0 Å². The molecule has 0 spiro atoms. The third-order valence-electron chi connectivity index (χ3n) is 2.65. The smallest absolute Gasteiger partial charge is 0.243 e. The predicted molar refractivity (Wildman–Crippen MR) is 73.2 cm³/mol. The predicted octanol–water partition coefficient (Wildman–Crippen LogP) is 1.41. The maximum absolute atomic E-state index is 13.5. The van der Waals surface area contributed by atoms with Crippen LogP contribution in [0.4, 0.5) is 4.39 Å². The monoisotopic (exact) mass is 305 g/mol. The Kier molecular flexibility index (Phi) is 7.08. The minimum Gasteiger partial charge on any atom is -0.392 e. The van der Waals surface area contributed by atoms with Crippen molar-refractivity contribution in [1.29, 1.82) is 0 Å². The van der Waals surface area contributed by atoms with Gasteiger partial charge in [-0.25, -0.2) is 17.5 Å². The molecular weight excluding hydrogens is 285 g/mol. The highest BCUT2D eigenvalue weighted by molar-refractivity contribution is 7.89. The summed E-state index contributed by atoms with van der Waals surface area (Å²) in [5.74, 6) is -0.846. The number of sulfonamides is 1. The second-order valence-electron chi connectivity index (χ2n) is 4.29. The fraction of sp³-hybridized carbons (Fsp3) is 0.538. The second-order valence-corrected chi connectivity index (χ2v) is 6.02. The standard InChI is InChI=1S/C13H20FNO4S/c1-2-3-7-19-8-6-15-20(17,18)13-9-11(10-16)4-5-12(13)14/h4-5,9,15-16H,2-3,6-8,10H2,1H3. The summed E-state index contributed by atoms with van der Waals surface area (Å²) in [4.78, 5) is -0.461. The lowest BCUT2D eigenvalue weighted by molar-refractivity contribution is 0.136. The Morgan fingerprint density at radius 3 is 2.75 bits per heavy atom. The van der Waals surface area contributed by atoms with Gasteiger partial charge in [0.1, 0.15) is 10.7 Å². The van der Waals surface area contributed by atoms with Gasteiger partial charge in [0, 0.05) is 13.2 Å². The van der Waals surface area contributed by atoms with Gasteiger partial charge >= 0.3 is 0 Å². The summed E-state index contributed by atoms with van der Waals surface area (Å²) < 4.78 is 44.9. The molecule has 0 atom stereocenters. The molecule has 1 aromatic carbocycles. The molecule has 2 N–H and O–H groups in total. The van der Waals surface area contributed by atoms with Crippen molar-refractivity contribution in [3.05, 3.63) is 29.6 Å². The summed E-state index contributed by atoms with van der Waals surface area (Å²) in [6, 6.07) is 3.48.